The zero-order valence-electron chi connectivity index (χ0n) is 13.8. The number of nitrogens with one attached hydrogen (secondary N) is 2. The topological polar surface area (TPSA) is 61.4 Å². The summed E-state index contributed by atoms with van der Waals surface area (Å²) < 4.78 is 0. The van der Waals surface area contributed by atoms with Crippen LogP contribution in [0.4, 0.5) is 0 Å². The van der Waals surface area contributed by atoms with Crippen molar-refractivity contribution in [3.8, 4) is 0 Å². The maximum absolute atomic E-state index is 12.8. The highest BCUT2D eigenvalue weighted by Crippen LogP contribution is 2.24. The minimum atomic E-state index is -0.419. The second-order valence-electron chi connectivity index (χ2n) is 6.37. The standard InChI is InChI=1S/C17H21Cl2N3O2.ClH/c18-12-7-11(8-13(19)9-12)17(24)22-6-2-4-15(22)16(23)21-14-3-1-5-20-10-14;/h7-9,14-15,20H,1-6,10H2,(H,21,23);1H/t14-,15?;/m0./s1. The van der Waals surface area contributed by atoms with Gasteiger partial charge in [-0.15, -0.1) is 12.4 Å². The lowest BCUT2D eigenvalue weighted by molar-refractivity contribution is -0.125. The Morgan fingerprint density at radius 3 is 2.48 bits per heavy atom. The minimum absolute atomic E-state index is 0. The number of hydrogen-bond acceptors (Lipinski definition) is 3. The van der Waals surface area contributed by atoms with Crippen molar-refractivity contribution in [3.63, 3.8) is 0 Å². The average Bonchev–Trinajstić information content (AvgIpc) is 3.04. The first-order chi connectivity index (χ1) is 11.5. The number of nitrogens with zero attached hydrogens (tertiary/aromatic N) is 1. The van der Waals surface area contributed by atoms with Crippen molar-refractivity contribution < 1.29 is 9.59 Å². The van der Waals surface area contributed by atoms with Crippen LogP contribution in [0.5, 0.6) is 0 Å². The molecule has 2 fully saturated rings. The van der Waals surface area contributed by atoms with E-state index in [1.807, 2.05) is 0 Å². The van der Waals surface area contributed by atoms with Crippen molar-refractivity contribution >= 4 is 47.4 Å². The largest absolute Gasteiger partial charge is 0.350 e. The van der Waals surface area contributed by atoms with Gasteiger partial charge in [-0.05, 0) is 50.4 Å². The van der Waals surface area contributed by atoms with Gasteiger partial charge in [0.25, 0.3) is 5.91 Å². The fraction of sp³-hybridized carbons (Fsp3) is 0.529. The van der Waals surface area contributed by atoms with Gasteiger partial charge in [0.15, 0.2) is 0 Å². The number of benzene rings is 1. The molecule has 2 N–H and O–H groups in total. The third-order valence-corrected chi connectivity index (χ3v) is 5.01. The fourth-order valence-electron chi connectivity index (χ4n) is 3.40. The van der Waals surface area contributed by atoms with E-state index in [1.165, 1.54) is 0 Å². The van der Waals surface area contributed by atoms with Crippen molar-refractivity contribution in [2.24, 2.45) is 0 Å². The first-order valence-electron chi connectivity index (χ1n) is 8.33. The summed E-state index contributed by atoms with van der Waals surface area (Å²) in [4.78, 5) is 27.0. The van der Waals surface area contributed by atoms with Crippen LogP contribution < -0.4 is 10.6 Å². The van der Waals surface area contributed by atoms with Crippen molar-refractivity contribution in [2.45, 2.75) is 37.8 Å². The number of hydrogen-bond donors (Lipinski definition) is 2. The Labute approximate surface area is 163 Å². The van der Waals surface area contributed by atoms with Crippen LogP contribution in [-0.2, 0) is 4.79 Å². The van der Waals surface area contributed by atoms with E-state index in [-0.39, 0.29) is 30.3 Å². The summed E-state index contributed by atoms with van der Waals surface area (Å²) in [6.45, 7) is 2.36. The molecule has 138 valence electrons. The Bertz CT molecular complexity index is 615. The van der Waals surface area contributed by atoms with E-state index in [0.29, 0.717) is 28.6 Å². The highest BCUT2D eigenvalue weighted by molar-refractivity contribution is 6.35. The van der Waals surface area contributed by atoms with Crippen LogP contribution >= 0.6 is 35.6 Å². The van der Waals surface area contributed by atoms with E-state index in [4.69, 9.17) is 23.2 Å². The minimum Gasteiger partial charge on any atom is -0.350 e. The molecule has 0 aromatic heterocycles. The summed E-state index contributed by atoms with van der Waals surface area (Å²) in [5.74, 6) is -0.263. The number of carbonyl (C=O) groups is 2. The summed E-state index contributed by atoms with van der Waals surface area (Å²) >= 11 is 12.0. The van der Waals surface area contributed by atoms with Gasteiger partial charge in [0, 0.05) is 34.7 Å². The molecule has 8 heteroatoms. The highest BCUT2D eigenvalue weighted by atomic mass is 35.5. The van der Waals surface area contributed by atoms with Gasteiger partial charge in [-0.1, -0.05) is 23.2 Å². The third kappa shape index (κ3) is 5.00. The van der Waals surface area contributed by atoms with Crippen LogP contribution in [0, 0.1) is 0 Å². The van der Waals surface area contributed by atoms with Crippen molar-refractivity contribution in [2.75, 3.05) is 19.6 Å². The summed E-state index contributed by atoms with van der Waals surface area (Å²) in [6, 6.07) is 4.49. The molecule has 25 heavy (non-hydrogen) atoms. The molecule has 0 radical (unpaired) electrons. The molecule has 0 aliphatic carbocycles. The van der Waals surface area contributed by atoms with Crippen LogP contribution in [0.2, 0.25) is 10.0 Å². The smallest absolute Gasteiger partial charge is 0.254 e. The van der Waals surface area contributed by atoms with E-state index in [2.05, 4.69) is 10.6 Å². The van der Waals surface area contributed by atoms with Crippen LogP contribution in [-0.4, -0.2) is 48.4 Å². The van der Waals surface area contributed by atoms with E-state index in [1.54, 1.807) is 23.1 Å². The van der Waals surface area contributed by atoms with Gasteiger partial charge in [0.1, 0.15) is 6.04 Å². The lowest BCUT2D eigenvalue weighted by atomic mass is 10.1. The first kappa shape index (κ1) is 20.3. The molecule has 2 atom stereocenters. The van der Waals surface area contributed by atoms with Gasteiger partial charge >= 0.3 is 0 Å². The Balaban J connectivity index is 0.00000225. The second kappa shape index (κ2) is 9.08. The molecular formula is C17H22Cl3N3O2. The predicted molar refractivity (Wildman–Crippen MR) is 102 cm³/mol. The van der Waals surface area contributed by atoms with E-state index < -0.39 is 6.04 Å². The van der Waals surface area contributed by atoms with Gasteiger partial charge in [0.05, 0.1) is 0 Å². The molecule has 1 aromatic carbocycles. The Morgan fingerprint density at radius 2 is 1.84 bits per heavy atom. The molecule has 2 amide bonds. The number of likely N-dealkylation sites (tertiary alicyclic amines) is 1. The lowest BCUT2D eigenvalue weighted by Crippen LogP contribution is -2.52. The average molecular weight is 407 g/mol. The van der Waals surface area contributed by atoms with E-state index in [0.717, 1.165) is 32.4 Å². The maximum atomic E-state index is 12.8. The summed E-state index contributed by atoms with van der Waals surface area (Å²) in [5, 5.41) is 7.18. The monoisotopic (exact) mass is 405 g/mol. The lowest BCUT2D eigenvalue weighted by Gasteiger charge is -2.28. The zero-order valence-corrected chi connectivity index (χ0v) is 16.1. The third-order valence-electron chi connectivity index (χ3n) is 4.57. The summed E-state index contributed by atoms with van der Waals surface area (Å²) in [7, 11) is 0. The van der Waals surface area contributed by atoms with Gasteiger partial charge in [-0.3, -0.25) is 9.59 Å². The molecule has 0 spiro atoms. The molecule has 0 bridgehead atoms. The molecule has 3 rings (SSSR count). The Hall–Kier alpha value is -1.01. The van der Waals surface area contributed by atoms with E-state index in [9.17, 15) is 9.59 Å². The van der Waals surface area contributed by atoms with Gasteiger partial charge < -0.3 is 15.5 Å². The zero-order chi connectivity index (χ0) is 17.1. The highest BCUT2D eigenvalue weighted by Gasteiger charge is 2.35. The molecule has 2 saturated heterocycles. The maximum Gasteiger partial charge on any atom is 0.254 e. The number of halogens is 3. The van der Waals surface area contributed by atoms with Crippen molar-refractivity contribution in [1.29, 1.82) is 0 Å². The molecule has 2 aliphatic rings. The molecule has 0 saturated carbocycles. The van der Waals surface area contributed by atoms with Crippen molar-refractivity contribution in [3.05, 3.63) is 33.8 Å². The molecular weight excluding hydrogens is 385 g/mol. The van der Waals surface area contributed by atoms with Crippen LogP contribution in [0.1, 0.15) is 36.0 Å². The first-order valence-corrected chi connectivity index (χ1v) is 9.08. The quantitative estimate of drug-likeness (QED) is 0.811. The van der Waals surface area contributed by atoms with Gasteiger partial charge in [0.2, 0.25) is 5.91 Å². The van der Waals surface area contributed by atoms with E-state index >= 15 is 0 Å². The van der Waals surface area contributed by atoms with Gasteiger partial charge in [-0.25, -0.2) is 0 Å². The van der Waals surface area contributed by atoms with Crippen LogP contribution in [0.3, 0.4) is 0 Å². The summed E-state index contributed by atoms with van der Waals surface area (Å²) in [6.07, 6.45) is 3.54. The Morgan fingerprint density at radius 1 is 1.12 bits per heavy atom. The molecule has 2 aliphatic heterocycles. The number of piperidine rings is 1. The summed E-state index contributed by atoms with van der Waals surface area (Å²) in [5.41, 5.74) is 0.423. The predicted octanol–water partition coefficient (Wildman–Crippen LogP) is 2.89. The molecule has 5 nitrogen and oxygen atoms in total. The number of rotatable bonds is 3. The fourth-order valence-corrected chi connectivity index (χ4v) is 3.92. The number of amides is 2. The normalized spacial score (nSPS) is 23.0. The Kier molecular flexibility index (Phi) is 7.37. The SMILES string of the molecule is Cl.O=C(N[C@H]1CCCNC1)C1CCCN1C(=O)c1cc(Cl)cc(Cl)c1. The molecule has 2 heterocycles. The molecule has 1 unspecified atom stereocenters. The molecule has 1 aromatic rings. The van der Waals surface area contributed by atoms with Crippen molar-refractivity contribution in [1.82, 2.24) is 15.5 Å². The van der Waals surface area contributed by atoms with Gasteiger partial charge in [-0.2, -0.15) is 0 Å². The second-order valence-corrected chi connectivity index (χ2v) is 7.24. The van der Waals surface area contributed by atoms with Crippen LogP contribution in [0.15, 0.2) is 18.2 Å². The number of carbonyl (C=O) groups excluding carboxylic acids is 2. The van der Waals surface area contributed by atoms with Crippen LogP contribution in [0.25, 0.3) is 0 Å².